The van der Waals surface area contributed by atoms with Crippen LogP contribution < -0.4 is 15.0 Å². The van der Waals surface area contributed by atoms with Gasteiger partial charge in [-0.3, -0.25) is 4.79 Å². The Kier molecular flexibility index (Phi) is 8.19. The molecule has 0 aliphatic carbocycles. The molecule has 172 valence electrons. The summed E-state index contributed by atoms with van der Waals surface area (Å²) in [5, 5.41) is 3.54. The number of ether oxygens (including phenoxy) is 1. The van der Waals surface area contributed by atoms with E-state index in [9.17, 15) is 4.79 Å². The molecule has 4 rings (SSSR count). The molecule has 33 heavy (non-hydrogen) atoms. The molecule has 1 fully saturated rings. The first-order valence-electron chi connectivity index (χ1n) is 11.5. The van der Waals surface area contributed by atoms with E-state index in [4.69, 9.17) is 9.72 Å². The van der Waals surface area contributed by atoms with Gasteiger partial charge in [0.2, 0.25) is 5.91 Å². The minimum Gasteiger partial charge on any atom is -0.492 e. The van der Waals surface area contributed by atoms with E-state index in [0.29, 0.717) is 29.1 Å². The van der Waals surface area contributed by atoms with Gasteiger partial charge in [-0.25, -0.2) is 9.97 Å². The van der Waals surface area contributed by atoms with Crippen molar-refractivity contribution in [3.8, 4) is 5.75 Å². The second-order valence-corrected chi connectivity index (χ2v) is 9.03. The van der Waals surface area contributed by atoms with E-state index < -0.39 is 0 Å². The van der Waals surface area contributed by atoms with Gasteiger partial charge in [0.05, 0.1) is 18.0 Å². The summed E-state index contributed by atoms with van der Waals surface area (Å²) in [4.78, 5) is 23.8. The van der Waals surface area contributed by atoms with Crippen LogP contribution in [0.2, 0.25) is 0 Å². The number of benzene rings is 2. The molecule has 3 aromatic rings. The van der Waals surface area contributed by atoms with Crippen LogP contribution in [-0.2, 0) is 11.2 Å². The van der Waals surface area contributed by atoms with Gasteiger partial charge in [0, 0.05) is 19.3 Å². The smallest absolute Gasteiger partial charge is 0.234 e. The molecule has 1 aliphatic heterocycles. The second-order valence-electron chi connectivity index (χ2n) is 8.08. The van der Waals surface area contributed by atoms with Gasteiger partial charge in [-0.1, -0.05) is 54.2 Å². The van der Waals surface area contributed by atoms with E-state index in [1.54, 1.807) is 6.20 Å². The molecule has 0 saturated carbocycles. The van der Waals surface area contributed by atoms with Crippen molar-refractivity contribution < 1.29 is 9.53 Å². The molecular formula is C26H30N4O2S. The van der Waals surface area contributed by atoms with Crippen LogP contribution in [0.5, 0.6) is 5.75 Å². The van der Waals surface area contributed by atoms with Gasteiger partial charge in [0.1, 0.15) is 11.6 Å². The molecule has 6 nitrogen and oxygen atoms in total. The summed E-state index contributed by atoms with van der Waals surface area (Å²) in [6.45, 7) is 4.46. The Balaban J connectivity index is 1.27. The first kappa shape index (κ1) is 23.1. The third-order valence-corrected chi connectivity index (χ3v) is 6.58. The highest BCUT2D eigenvalue weighted by atomic mass is 32.2. The molecule has 0 unspecified atom stereocenters. The predicted octanol–water partition coefficient (Wildman–Crippen LogP) is 5.07. The molecule has 0 bridgehead atoms. The fraction of sp³-hybridized carbons (Fsp3) is 0.346. The normalized spacial score (nSPS) is 14.2. The van der Waals surface area contributed by atoms with Crippen molar-refractivity contribution >= 4 is 29.2 Å². The van der Waals surface area contributed by atoms with Crippen molar-refractivity contribution in [2.75, 3.05) is 35.7 Å². The van der Waals surface area contributed by atoms with E-state index in [0.717, 1.165) is 38.2 Å². The molecule has 1 aromatic heterocycles. The molecule has 7 heteroatoms. The van der Waals surface area contributed by atoms with Gasteiger partial charge in [-0.15, -0.1) is 0 Å². The average Bonchev–Trinajstić information content (AvgIpc) is 2.85. The number of nitrogens with zero attached hydrogens (tertiary/aromatic N) is 3. The van der Waals surface area contributed by atoms with Crippen LogP contribution in [0.3, 0.4) is 0 Å². The Hall–Kier alpha value is -3.06. The zero-order chi connectivity index (χ0) is 22.9. The van der Waals surface area contributed by atoms with Gasteiger partial charge in [-0.05, 0) is 55.9 Å². The number of amides is 1. The summed E-state index contributed by atoms with van der Waals surface area (Å²) in [5.41, 5.74) is 2.09. The van der Waals surface area contributed by atoms with Crippen LogP contribution in [-0.4, -0.2) is 41.3 Å². The molecule has 2 aromatic carbocycles. The average molecular weight is 463 g/mol. The number of para-hydroxylation sites is 2. The Labute approximate surface area is 199 Å². The van der Waals surface area contributed by atoms with E-state index in [-0.39, 0.29) is 11.7 Å². The van der Waals surface area contributed by atoms with Gasteiger partial charge in [-0.2, -0.15) is 0 Å². The Bertz CT molecular complexity index is 1040. The Morgan fingerprint density at radius 1 is 1.09 bits per heavy atom. The van der Waals surface area contributed by atoms with Gasteiger partial charge in [0.25, 0.3) is 0 Å². The second kappa shape index (κ2) is 11.7. The summed E-state index contributed by atoms with van der Waals surface area (Å²) < 4.78 is 5.57. The van der Waals surface area contributed by atoms with Crippen molar-refractivity contribution in [2.45, 2.75) is 31.3 Å². The predicted molar refractivity (Wildman–Crippen MR) is 134 cm³/mol. The number of hydrogen-bond donors (Lipinski definition) is 1. The fourth-order valence-corrected chi connectivity index (χ4v) is 4.68. The topological polar surface area (TPSA) is 67.3 Å². The lowest BCUT2D eigenvalue weighted by Crippen LogP contribution is -2.35. The Morgan fingerprint density at radius 3 is 2.64 bits per heavy atom. The number of aromatic nitrogens is 2. The lowest BCUT2D eigenvalue weighted by Gasteiger charge is -2.33. The maximum Gasteiger partial charge on any atom is 0.234 e. The number of anilines is 2. The number of piperidine rings is 1. The van der Waals surface area contributed by atoms with Crippen LogP contribution in [0.15, 0.2) is 72.0 Å². The van der Waals surface area contributed by atoms with Crippen LogP contribution >= 0.6 is 11.8 Å². The summed E-state index contributed by atoms with van der Waals surface area (Å²) in [7, 11) is 0. The van der Waals surface area contributed by atoms with Gasteiger partial charge < -0.3 is 15.0 Å². The summed E-state index contributed by atoms with van der Waals surface area (Å²) >= 11 is 1.35. The van der Waals surface area contributed by atoms with E-state index in [1.807, 2.05) is 37.3 Å². The Morgan fingerprint density at radius 2 is 1.85 bits per heavy atom. The highest BCUT2D eigenvalue weighted by Gasteiger charge is 2.21. The van der Waals surface area contributed by atoms with E-state index in [1.165, 1.54) is 17.3 Å². The quantitative estimate of drug-likeness (QED) is 0.354. The van der Waals surface area contributed by atoms with Crippen LogP contribution in [0, 0.1) is 5.92 Å². The number of rotatable bonds is 9. The molecule has 1 aliphatic rings. The number of carbonyl (C=O) groups excluding carboxylic acids is 1. The zero-order valence-electron chi connectivity index (χ0n) is 18.9. The number of hydrogen-bond acceptors (Lipinski definition) is 6. The van der Waals surface area contributed by atoms with Gasteiger partial charge in [0.15, 0.2) is 5.16 Å². The summed E-state index contributed by atoms with van der Waals surface area (Å²) in [6, 6.07) is 20.1. The third kappa shape index (κ3) is 6.71. The third-order valence-electron chi connectivity index (χ3n) is 5.72. The number of carbonyl (C=O) groups is 1. The van der Waals surface area contributed by atoms with Crippen molar-refractivity contribution in [3.63, 3.8) is 0 Å². The van der Waals surface area contributed by atoms with Crippen LogP contribution in [0.1, 0.15) is 25.3 Å². The molecule has 1 N–H and O–H groups in total. The SMILES string of the molecule is CCOc1ccccc1NC(=O)CSc1nccc(N2CCC(Cc3ccccc3)CC2)n1. The molecule has 1 saturated heterocycles. The molecular weight excluding hydrogens is 432 g/mol. The van der Waals surface area contributed by atoms with E-state index >= 15 is 0 Å². The zero-order valence-corrected chi connectivity index (χ0v) is 19.8. The molecule has 0 radical (unpaired) electrons. The minimum atomic E-state index is -0.108. The van der Waals surface area contributed by atoms with Crippen LogP contribution in [0.25, 0.3) is 0 Å². The standard InChI is InChI=1S/C26H30N4O2S/c1-2-32-23-11-7-6-10-22(23)28-25(31)19-33-26-27-15-12-24(29-26)30-16-13-21(14-17-30)18-20-8-4-3-5-9-20/h3-12,15,21H,2,13-14,16-19H2,1H3,(H,28,31). The molecule has 1 amide bonds. The lowest BCUT2D eigenvalue weighted by molar-refractivity contribution is -0.113. The monoisotopic (exact) mass is 462 g/mol. The van der Waals surface area contributed by atoms with Crippen LogP contribution in [0.4, 0.5) is 11.5 Å². The van der Waals surface area contributed by atoms with Crippen molar-refractivity contribution in [2.24, 2.45) is 5.92 Å². The summed E-state index contributed by atoms with van der Waals surface area (Å²) in [5.74, 6) is 2.45. The lowest BCUT2D eigenvalue weighted by atomic mass is 9.90. The fourth-order valence-electron chi connectivity index (χ4n) is 4.06. The molecule has 2 heterocycles. The molecule has 0 atom stereocenters. The maximum absolute atomic E-state index is 12.5. The highest BCUT2D eigenvalue weighted by Crippen LogP contribution is 2.27. The first-order valence-corrected chi connectivity index (χ1v) is 12.5. The summed E-state index contributed by atoms with van der Waals surface area (Å²) in [6.07, 6.45) is 5.23. The largest absolute Gasteiger partial charge is 0.492 e. The van der Waals surface area contributed by atoms with Crippen molar-refractivity contribution in [1.82, 2.24) is 9.97 Å². The minimum absolute atomic E-state index is 0.108. The first-order chi connectivity index (χ1) is 16.2. The molecule has 0 spiro atoms. The van der Waals surface area contributed by atoms with Gasteiger partial charge >= 0.3 is 0 Å². The maximum atomic E-state index is 12.5. The number of thioether (sulfide) groups is 1. The number of nitrogens with one attached hydrogen (secondary N) is 1. The van der Waals surface area contributed by atoms with E-state index in [2.05, 4.69) is 45.5 Å². The van der Waals surface area contributed by atoms with Crippen molar-refractivity contribution in [3.05, 3.63) is 72.4 Å². The van der Waals surface area contributed by atoms with Crippen molar-refractivity contribution in [1.29, 1.82) is 0 Å². The highest BCUT2D eigenvalue weighted by molar-refractivity contribution is 7.99.